The van der Waals surface area contributed by atoms with E-state index in [-0.39, 0.29) is 0 Å². The van der Waals surface area contributed by atoms with Gasteiger partial charge in [-0.15, -0.1) is 0 Å². The van der Waals surface area contributed by atoms with Crippen LogP contribution in [0.15, 0.2) is 0 Å². The summed E-state index contributed by atoms with van der Waals surface area (Å²) in [5.74, 6) is 0. The number of unbranched alkanes of at least 4 members (excludes halogenated alkanes) is 13. The van der Waals surface area contributed by atoms with Crippen molar-refractivity contribution < 1.29 is 28.4 Å². The second kappa shape index (κ2) is 20.4. The highest BCUT2D eigenvalue weighted by molar-refractivity contribution is 4.49. The Morgan fingerprint density at radius 2 is 0.826 bits per heavy atom. The first-order chi connectivity index (χ1) is 11.0. The molecule has 0 N–H and O–H groups in total. The maximum absolute atomic E-state index is 8.41. The molecule has 0 aromatic heterocycles. The Balaban J connectivity index is 0. The summed E-state index contributed by atoms with van der Waals surface area (Å²) in [5, 5.41) is 0. The molecule has 0 aliphatic heterocycles. The van der Waals surface area contributed by atoms with Gasteiger partial charge in [-0.3, -0.25) is 0 Å². The molecule has 0 saturated carbocycles. The summed E-state index contributed by atoms with van der Waals surface area (Å²) < 4.78 is 17.9. The Labute approximate surface area is 153 Å². The fourth-order valence-corrected chi connectivity index (χ4v) is 2.78. The minimum atomic E-state index is -1.44. The maximum atomic E-state index is 8.41. The van der Waals surface area contributed by atoms with Gasteiger partial charge in [-0.05, 0) is 12.8 Å². The van der Waals surface area contributed by atoms with Crippen molar-refractivity contribution in [3.05, 3.63) is 0 Å². The molecule has 0 spiro atoms. The van der Waals surface area contributed by atoms with E-state index >= 15 is 0 Å². The van der Waals surface area contributed by atoms with Crippen molar-refractivity contribution in [2.75, 3.05) is 27.7 Å². The van der Waals surface area contributed by atoms with Crippen LogP contribution in [0.2, 0.25) is 0 Å². The van der Waals surface area contributed by atoms with Crippen LogP contribution in [0, 0.1) is 15.5 Å². The predicted octanol–water partition coefficient (Wildman–Crippen LogP) is 3.80. The van der Waals surface area contributed by atoms with Crippen molar-refractivity contribution in [3.63, 3.8) is 0 Å². The first-order valence-electron chi connectivity index (χ1n) is 9.67. The number of rotatable bonds is 15. The zero-order chi connectivity index (χ0) is 17.8. The average Bonchev–Trinajstić information content (AvgIpc) is 2.47. The lowest BCUT2D eigenvalue weighted by Gasteiger charge is -2.23. The molecule has 3 nitrogen and oxygen atoms in total. The van der Waals surface area contributed by atoms with Gasteiger partial charge < -0.3 is 12.9 Å². The predicted molar refractivity (Wildman–Crippen MR) is 93.2 cm³/mol. The highest BCUT2D eigenvalue weighted by Gasteiger charge is 2.04. The molecular weight excluding hydrogens is 354 g/mol. The Hall–Kier alpha value is 0.360. The summed E-state index contributed by atoms with van der Waals surface area (Å²) >= 11 is -1.44. The zero-order valence-corrected chi connectivity index (χ0v) is 17.8. The van der Waals surface area contributed by atoms with Crippen LogP contribution in [0.3, 0.4) is 0 Å². The van der Waals surface area contributed by atoms with Gasteiger partial charge in [0.05, 0.1) is 27.7 Å². The van der Waals surface area contributed by atoms with E-state index in [1.54, 1.807) is 0 Å². The molecule has 0 amide bonds. The van der Waals surface area contributed by atoms with E-state index in [1.807, 2.05) is 0 Å². The molecular formula is C19H42BrNO2. The molecule has 0 heterocycles. The minimum Gasteiger partial charge on any atom is -0.585 e. The van der Waals surface area contributed by atoms with Crippen LogP contribution < -0.4 is 8.40 Å². The molecule has 0 atom stereocenters. The number of quaternary nitrogens is 1. The second-order valence-corrected chi connectivity index (χ2v) is 7.94. The molecule has 0 aliphatic rings. The van der Waals surface area contributed by atoms with Gasteiger partial charge in [0, 0.05) is 0 Å². The monoisotopic (exact) mass is 395 g/mol. The topological polar surface area (TPSA) is 46.1 Å². The summed E-state index contributed by atoms with van der Waals surface area (Å²) in [6.07, 6.45) is 20.4. The Morgan fingerprint density at radius 1 is 0.565 bits per heavy atom. The minimum absolute atomic E-state index is 1.12. The van der Waals surface area contributed by atoms with Gasteiger partial charge in [0.2, 0.25) is 0 Å². The molecule has 0 aromatic carbocycles. The van der Waals surface area contributed by atoms with Crippen LogP contribution in [0.4, 0.5) is 0 Å². The van der Waals surface area contributed by atoms with E-state index < -0.39 is 15.5 Å². The van der Waals surface area contributed by atoms with Gasteiger partial charge in [-0.2, -0.15) is 0 Å². The lowest BCUT2D eigenvalue weighted by atomic mass is 10.0. The van der Waals surface area contributed by atoms with E-state index in [4.69, 9.17) is 8.40 Å². The van der Waals surface area contributed by atoms with E-state index in [0.717, 1.165) is 4.48 Å². The standard InChI is InChI=1S/C19H42N.BrO2/c1-5-6-7-8-9-10-11-12-13-14-15-16-17-18-19-20(2,3)4;2-1-3/h5-19H2,1-4H3;/q+1;-1. The van der Waals surface area contributed by atoms with Gasteiger partial charge in [0.1, 0.15) is 0 Å². The van der Waals surface area contributed by atoms with Gasteiger partial charge in [-0.25, -0.2) is 0 Å². The average molecular weight is 396 g/mol. The molecule has 0 rings (SSSR count). The first kappa shape index (κ1) is 25.6. The Morgan fingerprint density at radius 3 is 1.09 bits per heavy atom. The van der Waals surface area contributed by atoms with Crippen LogP contribution >= 0.6 is 0 Å². The third-order valence-corrected chi connectivity index (χ3v) is 4.18. The number of nitrogens with zero attached hydrogens (tertiary/aromatic N) is 1. The van der Waals surface area contributed by atoms with E-state index in [1.165, 1.54) is 96.4 Å². The van der Waals surface area contributed by atoms with Gasteiger partial charge in [0.25, 0.3) is 0 Å². The van der Waals surface area contributed by atoms with Crippen LogP contribution in [-0.2, 0) is 0 Å². The van der Waals surface area contributed by atoms with Crippen LogP contribution in [0.5, 0.6) is 0 Å². The SMILES string of the molecule is CCCCCCCCCCCCCCCC[N+](C)(C)C.[O-][Br+][O-]. The van der Waals surface area contributed by atoms with Gasteiger partial charge in [0.15, 0.2) is 15.5 Å². The molecule has 23 heavy (non-hydrogen) atoms. The molecule has 0 bridgehead atoms. The number of hydrogen-bond acceptors (Lipinski definition) is 2. The highest BCUT2D eigenvalue weighted by atomic mass is 79.9. The molecule has 0 aromatic rings. The quantitative estimate of drug-likeness (QED) is 0.312. The molecule has 0 radical (unpaired) electrons. The molecule has 0 saturated heterocycles. The van der Waals surface area contributed by atoms with Crippen molar-refractivity contribution in [2.45, 2.75) is 96.8 Å². The number of halogens is 1. The van der Waals surface area contributed by atoms with Crippen molar-refractivity contribution >= 4 is 0 Å². The highest BCUT2D eigenvalue weighted by Crippen LogP contribution is 2.13. The van der Waals surface area contributed by atoms with Crippen molar-refractivity contribution in [2.24, 2.45) is 0 Å². The lowest BCUT2D eigenvalue weighted by Crippen LogP contribution is -2.35. The zero-order valence-electron chi connectivity index (χ0n) is 16.2. The summed E-state index contributed by atoms with van der Waals surface area (Å²) in [5.41, 5.74) is 0. The second-order valence-electron chi connectivity index (χ2n) is 7.67. The molecule has 4 heteroatoms. The van der Waals surface area contributed by atoms with Crippen molar-refractivity contribution in [1.82, 2.24) is 0 Å². The fraction of sp³-hybridized carbons (Fsp3) is 1.00. The smallest absolute Gasteiger partial charge is 0.170 e. The van der Waals surface area contributed by atoms with Gasteiger partial charge >= 0.3 is 0 Å². The molecule has 142 valence electrons. The largest absolute Gasteiger partial charge is 0.585 e. The van der Waals surface area contributed by atoms with E-state index in [0.29, 0.717) is 0 Å². The molecule has 0 fully saturated rings. The lowest BCUT2D eigenvalue weighted by molar-refractivity contribution is -1.41. The Kier molecular flexibility index (Phi) is 22.7. The number of hydrogen-bond donors (Lipinski definition) is 0. The third-order valence-electron chi connectivity index (χ3n) is 4.18. The van der Waals surface area contributed by atoms with Crippen molar-refractivity contribution in [1.29, 1.82) is 0 Å². The third kappa shape index (κ3) is 30.8. The van der Waals surface area contributed by atoms with E-state index in [2.05, 4.69) is 28.1 Å². The van der Waals surface area contributed by atoms with Crippen LogP contribution in [0.25, 0.3) is 0 Å². The molecule has 0 aliphatic carbocycles. The maximum Gasteiger partial charge on any atom is 0.170 e. The summed E-state index contributed by atoms with van der Waals surface area (Å²) in [7, 11) is 6.88. The Bertz CT molecular complexity index is 208. The van der Waals surface area contributed by atoms with Crippen molar-refractivity contribution in [3.8, 4) is 0 Å². The van der Waals surface area contributed by atoms with E-state index in [9.17, 15) is 0 Å². The normalized spacial score (nSPS) is 11.2. The summed E-state index contributed by atoms with van der Waals surface area (Å²) in [4.78, 5) is 0. The molecule has 0 unspecified atom stereocenters. The summed E-state index contributed by atoms with van der Waals surface area (Å²) in [6.45, 7) is 3.63. The van der Waals surface area contributed by atoms with Crippen LogP contribution in [0.1, 0.15) is 96.8 Å². The van der Waals surface area contributed by atoms with Crippen LogP contribution in [-0.4, -0.2) is 32.2 Å². The van der Waals surface area contributed by atoms with Gasteiger partial charge in [-0.1, -0.05) is 84.0 Å². The first-order valence-corrected chi connectivity index (χ1v) is 11.0. The summed E-state index contributed by atoms with van der Waals surface area (Å²) in [6, 6.07) is 0. The fourth-order valence-electron chi connectivity index (χ4n) is 2.78.